The second-order valence-electron chi connectivity index (χ2n) is 12.9. The van der Waals surface area contributed by atoms with Crippen molar-refractivity contribution >= 4 is 23.4 Å². The highest BCUT2D eigenvalue weighted by molar-refractivity contribution is 5.88. The molecule has 45 heavy (non-hydrogen) atoms. The molecule has 4 aromatic rings. The van der Waals surface area contributed by atoms with E-state index in [9.17, 15) is 14.3 Å². The lowest BCUT2D eigenvalue weighted by molar-refractivity contribution is 0.0575. The van der Waals surface area contributed by atoms with E-state index in [-0.39, 0.29) is 25.1 Å². The molecule has 1 amide bonds. The summed E-state index contributed by atoms with van der Waals surface area (Å²) in [6, 6.07) is 14.6. The van der Waals surface area contributed by atoms with E-state index in [0.29, 0.717) is 17.3 Å². The smallest absolute Gasteiger partial charge is 0.416 e. The number of anilines is 2. The molecule has 1 unspecified atom stereocenters. The second-order valence-corrected chi connectivity index (χ2v) is 12.9. The van der Waals surface area contributed by atoms with Gasteiger partial charge in [-0.1, -0.05) is 75.9 Å². The fourth-order valence-electron chi connectivity index (χ4n) is 5.18. The number of nitrogens with one attached hydrogen (secondary N) is 1. The number of hydrogen-bond acceptors (Lipinski definition) is 7. The van der Waals surface area contributed by atoms with Gasteiger partial charge in [0.1, 0.15) is 17.2 Å². The van der Waals surface area contributed by atoms with E-state index in [2.05, 4.69) is 29.2 Å². The summed E-state index contributed by atoms with van der Waals surface area (Å²) in [6.45, 7) is 9.95. The minimum absolute atomic E-state index is 0.0458. The van der Waals surface area contributed by atoms with E-state index < -0.39 is 17.6 Å². The summed E-state index contributed by atoms with van der Waals surface area (Å²) in [7, 11) is 0. The number of rotatable bonds is 15. The van der Waals surface area contributed by atoms with E-state index in [1.165, 1.54) is 6.07 Å². The van der Waals surface area contributed by atoms with Crippen molar-refractivity contribution in [3.63, 3.8) is 0 Å². The number of aryl methyl sites for hydroxylation is 1. The Morgan fingerprint density at radius 3 is 2.42 bits per heavy atom. The van der Waals surface area contributed by atoms with Crippen LogP contribution in [0.15, 0.2) is 60.9 Å². The number of aliphatic hydroxyl groups excluding tert-OH is 1. The van der Waals surface area contributed by atoms with Crippen LogP contribution in [0, 0.1) is 5.95 Å². The Labute approximate surface area is 265 Å². The lowest BCUT2D eigenvalue weighted by atomic mass is 10.0. The molecule has 4 rings (SSSR count). The molecule has 10 heteroatoms. The van der Waals surface area contributed by atoms with Gasteiger partial charge in [0.25, 0.3) is 0 Å². The monoisotopic (exact) mass is 618 g/mol. The number of ether oxygens (including phenoxy) is 1. The van der Waals surface area contributed by atoms with Crippen molar-refractivity contribution in [2.45, 2.75) is 104 Å². The Bertz CT molecular complexity index is 1500. The molecule has 0 aliphatic heterocycles. The van der Waals surface area contributed by atoms with Crippen molar-refractivity contribution in [3.8, 4) is 0 Å². The number of aromatic nitrogens is 4. The fraction of sp³-hybridized carbons (Fsp3) is 0.486. The molecule has 0 fully saturated rings. The molecule has 1 aromatic carbocycles. The van der Waals surface area contributed by atoms with Crippen molar-refractivity contribution < 1.29 is 19.0 Å². The summed E-state index contributed by atoms with van der Waals surface area (Å²) in [4.78, 5) is 23.9. The molecule has 0 aliphatic rings. The van der Waals surface area contributed by atoms with Gasteiger partial charge in [0.05, 0.1) is 25.4 Å². The Morgan fingerprint density at radius 1 is 1.02 bits per heavy atom. The largest absolute Gasteiger partial charge is 0.443 e. The minimum atomic E-state index is -0.688. The first-order chi connectivity index (χ1) is 21.5. The van der Waals surface area contributed by atoms with E-state index in [1.807, 2.05) is 57.2 Å². The van der Waals surface area contributed by atoms with Gasteiger partial charge in [-0.3, -0.25) is 4.90 Å². The average molecular weight is 619 g/mol. The number of carbonyl (C=O) groups excluding carboxylic acids is 1. The topological polar surface area (TPSA) is 105 Å². The van der Waals surface area contributed by atoms with Gasteiger partial charge in [0.15, 0.2) is 5.65 Å². The Balaban J connectivity index is 1.49. The van der Waals surface area contributed by atoms with Crippen LogP contribution in [0.2, 0.25) is 0 Å². The molecule has 0 saturated heterocycles. The maximum Gasteiger partial charge on any atom is 0.416 e. The van der Waals surface area contributed by atoms with Crippen LogP contribution in [-0.2, 0) is 17.7 Å². The highest BCUT2D eigenvalue weighted by atomic mass is 19.1. The molecule has 2 N–H and O–H groups in total. The highest BCUT2D eigenvalue weighted by Gasteiger charge is 2.28. The third kappa shape index (κ3) is 9.97. The molecule has 3 aromatic heterocycles. The second kappa shape index (κ2) is 15.8. The number of pyridine rings is 1. The Morgan fingerprint density at radius 2 is 1.76 bits per heavy atom. The number of aliphatic hydroxyl groups is 1. The van der Waals surface area contributed by atoms with E-state index in [0.717, 1.165) is 61.6 Å². The number of nitrogens with zero attached hydrogens (tertiary/aromatic N) is 5. The maximum atomic E-state index is 13.6. The van der Waals surface area contributed by atoms with Crippen LogP contribution in [-0.4, -0.2) is 49.0 Å². The van der Waals surface area contributed by atoms with E-state index in [4.69, 9.17) is 9.72 Å². The first-order valence-corrected chi connectivity index (χ1v) is 15.9. The summed E-state index contributed by atoms with van der Waals surface area (Å²) >= 11 is 0. The number of carbonyl (C=O) groups is 1. The zero-order valence-electron chi connectivity index (χ0n) is 27.2. The number of unbranched alkanes of at least 4 members (excludes halogenated alkanes) is 4. The average Bonchev–Trinajstić information content (AvgIpc) is 3.43. The Kier molecular flexibility index (Phi) is 11.9. The number of benzene rings is 1. The number of fused-ring (bicyclic) bond motifs is 1. The van der Waals surface area contributed by atoms with Gasteiger partial charge in [-0.2, -0.15) is 14.0 Å². The van der Waals surface area contributed by atoms with Crippen LogP contribution in [0.1, 0.15) is 95.8 Å². The molecular formula is C35H47FN6O3. The zero-order valence-corrected chi connectivity index (χ0v) is 27.2. The first-order valence-electron chi connectivity index (χ1n) is 15.9. The molecular weight excluding hydrogens is 571 g/mol. The SMILES string of the molecule is CC(C)c1cnn2c(N(Cc3ccccc3)C(=O)OC(C)(C)C)cc(NC(CO)CCCCCCCc3ccc(F)nc3)nc12. The Hall–Kier alpha value is -4.05. The summed E-state index contributed by atoms with van der Waals surface area (Å²) in [5.74, 6) is 0.805. The first kappa shape index (κ1) is 33.8. The summed E-state index contributed by atoms with van der Waals surface area (Å²) < 4.78 is 20.5. The lowest BCUT2D eigenvalue weighted by Crippen LogP contribution is -2.37. The summed E-state index contributed by atoms with van der Waals surface area (Å²) in [6.07, 6.45) is 9.77. The number of amides is 1. The van der Waals surface area contributed by atoms with Crippen molar-refractivity contribution in [2.24, 2.45) is 0 Å². The highest BCUT2D eigenvalue weighted by Crippen LogP contribution is 2.29. The van der Waals surface area contributed by atoms with Gasteiger partial charge in [0, 0.05) is 17.8 Å². The molecule has 0 saturated carbocycles. The lowest BCUT2D eigenvalue weighted by Gasteiger charge is -2.28. The third-order valence-electron chi connectivity index (χ3n) is 7.56. The number of halogens is 1. The molecule has 0 spiro atoms. The van der Waals surface area contributed by atoms with Crippen LogP contribution in [0.3, 0.4) is 0 Å². The van der Waals surface area contributed by atoms with Crippen molar-refractivity contribution in [1.29, 1.82) is 0 Å². The number of hydrogen-bond donors (Lipinski definition) is 2. The normalized spacial score (nSPS) is 12.4. The molecule has 1 atom stereocenters. The van der Waals surface area contributed by atoms with Gasteiger partial charge < -0.3 is 15.2 Å². The van der Waals surface area contributed by atoms with Crippen LogP contribution < -0.4 is 10.2 Å². The van der Waals surface area contributed by atoms with Crippen molar-refractivity contribution in [2.75, 3.05) is 16.8 Å². The van der Waals surface area contributed by atoms with Crippen LogP contribution >= 0.6 is 0 Å². The van der Waals surface area contributed by atoms with Crippen LogP contribution in [0.5, 0.6) is 0 Å². The summed E-state index contributed by atoms with van der Waals surface area (Å²) in [5.41, 5.74) is 2.92. The van der Waals surface area contributed by atoms with Crippen LogP contribution in [0.25, 0.3) is 5.65 Å². The fourth-order valence-corrected chi connectivity index (χ4v) is 5.18. The van der Waals surface area contributed by atoms with E-state index >= 15 is 0 Å². The molecule has 0 radical (unpaired) electrons. The molecule has 0 aliphatic carbocycles. The van der Waals surface area contributed by atoms with Gasteiger partial charge in [-0.25, -0.2) is 14.8 Å². The van der Waals surface area contributed by atoms with Crippen molar-refractivity contribution in [3.05, 3.63) is 83.6 Å². The minimum Gasteiger partial charge on any atom is -0.443 e. The quantitative estimate of drug-likeness (QED) is 0.104. The molecule has 3 heterocycles. The summed E-state index contributed by atoms with van der Waals surface area (Å²) in [5, 5.41) is 18.3. The predicted molar refractivity (Wildman–Crippen MR) is 176 cm³/mol. The predicted octanol–water partition coefficient (Wildman–Crippen LogP) is 7.68. The zero-order chi connectivity index (χ0) is 32.4. The molecule has 0 bridgehead atoms. The van der Waals surface area contributed by atoms with Gasteiger partial charge in [0.2, 0.25) is 5.95 Å². The molecule has 9 nitrogen and oxygen atoms in total. The molecule has 242 valence electrons. The maximum absolute atomic E-state index is 13.6. The third-order valence-corrected chi connectivity index (χ3v) is 7.56. The standard InChI is InChI=1S/C35H47FN6O3/c1-25(2)29-22-38-42-32(41(34(44)45-35(3,4)5)23-27-15-11-9-12-16-27)20-31(40-33(29)42)39-28(24-43)17-13-8-6-7-10-14-26-18-19-30(36)37-21-26/h9,11-12,15-16,18-22,25,28,43H,6-8,10,13-14,17,23-24H2,1-5H3,(H,39,40). The van der Waals surface area contributed by atoms with Gasteiger partial charge in [-0.15, -0.1) is 0 Å². The van der Waals surface area contributed by atoms with Gasteiger partial charge >= 0.3 is 6.09 Å². The van der Waals surface area contributed by atoms with Gasteiger partial charge in [-0.05, 0) is 63.1 Å². The van der Waals surface area contributed by atoms with Crippen molar-refractivity contribution in [1.82, 2.24) is 19.6 Å². The van der Waals surface area contributed by atoms with Crippen LogP contribution in [0.4, 0.5) is 20.8 Å². The van der Waals surface area contributed by atoms with E-state index in [1.54, 1.807) is 27.9 Å².